The van der Waals surface area contributed by atoms with E-state index in [4.69, 9.17) is 33.7 Å². The summed E-state index contributed by atoms with van der Waals surface area (Å²) in [6.07, 6.45) is 1.84. The molecule has 1 rings (SSSR count). The highest BCUT2D eigenvalue weighted by atomic mass is 35.9. The Morgan fingerprint density at radius 1 is 1.21 bits per heavy atom. The third-order valence-corrected chi connectivity index (χ3v) is 5.21. The first kappa shape index (κ1) is 13.0. The zero-order chi connectivity index (χ0) is 10.4. The minimum absolute atomic E-state index is 0.391. The number of benzene rings is 1. The average molecular weight is 287 g/mol. The highest BCUT2D eigenvalue weighted by Gasteiger charge is 2.11. The summed E-state index contributed by atoms with van der Waals surface area (Å²) in [5.74, 6) is 0. The van der Waals surface area contributed by atoms with Crippen LogP contribution in [0, 0.1) is 0 Å². The van der Waals surface area contributed by atoms with Gasteiger partial charge in [-0.05, 0) is 26.1 Å². The van der Waals surface area contributed by atoms with Crippen molar-refractivity contribution in [1.82, 2.24) is 0 Å². The van der Waals surface area contributed by atoms with Crippen molar-refractivity contribution in [3.8, 4) is 0 Å². The number of rotatable bonds is 5. The van der Waals surface area contributed by atoms with E-state index in [0.717, 1.165) is 12.6 Å². The number of halogens is 3. The van der Waals surface area contributed by atoms with Gasteiger partial charge in [-0.3, -0.25) is 0 Å². The maximum absolute atomic E-state index is 5.93. The smallest absolute Gasteiger partial charge is 0.0855 e. The van der Waals surface area contributed by atoms with Crippen LogP contribution in [0.2, 0.25) is 0 Å². The van der Waals surface area contributed by atoms with Crippen LogP contribution in [0.15, 0.2) is 30.3 Å². The molecule has 0 amide bonds. The molecule has 0 aromatic heterocycles. The first-order valence-corrected chi connectivity index (χ1v) is 9.67. The van der Waals surface area contributed by atoms with E-state index in [0.29, 0.717) is 13.6 Å². The van der Waals surface area contributed by atoms with Crippen molar-refractivity contribution in [3.05, 3.63) is 35.9 Å². The van der Waals surface area contributed by atoms with Crippen molar-refractivity contribution in [2.24, 2.45) is 0 Å². The summed E-state index contributed by atoms with van der Waals surface area (Å²) in [6.45, 7) is -0.839. The lowest BCUT2D eigenvalue weighted by Crippen LogP contribution is -1.92. The van der Waals surface area contributed by atoms with Gasteiger partial charge in [0.25, 0.3) is 0 Å². The monoisotopic (exact) mass is 286 g/mol. The van der Waals surface area contributed by atoms with Gasteiger partial charge in [0, 0.05) is 5.66 Å². The molecule has 0 aliphatic rings. The van der Waals surface area contributed by atoms with Gasteiger partial charge in [-0.1, -0.05) is 64.1 Å². The molecule has 2 unspecified atom stereocenters. The van der Waals surface area contributed by atoms with E-state index in [-0.39, 0.29) is 0 Å². The van der Waals surface area contributed by atoms with Crippen LogP contribution >= 0.6 is 48.3 Å². The van der Waals surface area contributed by atoms with Crippen LogP contribution in [0.5, 0.6) is 0 Å². The Morgan fingerprint density at radius 2 is 1.86 bits per heavy atom. The highest BCUT2D eigenvalue weighted by molar-refractivity contribution is 8.03. The normalized spacial score (nSPS) is 14.0. The van der Waals surface area contributed by atoms with E-state index in [1.165, 1.54) is 5.56 Å². The maximum Gasteiger partial charge on any atom is 0.0855 e. The van der Waals surface area contributed by atoms with Crippen LogP contribution < -0.4 is 0 Å². The van der Waals surface area contributed by atoms with Crippen molar-refractivity contribution in [1.29, 1.82) is 0 Å². The number of hydrogen-bond acceptors (Lipinski definition) is 0. The van der Waals surface area contributed by atoms with Gasteiger partial charge in [0.2, 0.25) is 0 Å². The summed E-state index contributed by atoms with van der Waals surface area (Å²) >= 11 is 17.4. The Hall–Kier alpha value is 0.950. The molecule has 0 saturated heterocycles. The van der Waals surface area contributed by atoms with Crippen LogP contribution in [0.1, 0.15) is 17.6 Å². The molecule has 78 valence electrons. The van der Waals surface area contributed by atoms with Gasteiger partial charge in [-0.2, -0.15) is 0 Å². The van der Waals surface area contributed by atoms with Crippen LogP contribution in [0.3, 0.4) is 0 Å². The fraction of sp³-hybridized carbons (Fsp3) is 0.333. The van der Waals surface area contributed by atoms with Crippen LogP contribution in [-0.2, 0) is 0 Å². The fourth-order valence-corrected chi connectivity index (χ4v) is 3.76. The SMILES string of the molecule is ClPC(CCP(Cl)Cl)c1ccccc1. The van der Waals surface area contributed by atoms with Crippen LogP contribution in [0.25, 0.3) is 0 Å². The molecule has 0 aliphatic heterocycles. The van der Waals surface area contributed by atoms with Gasteiger partial charge in [0.1, 0.15) is 0 Å². The Labute approximate surface area is 102 Å². The van der Waals surface area contributed by atoms with Crippen molar-refractivity contribution < 1.29 is 0 Å². The van der Waals surface area contributed by atoms with Crippen molar-refractivity contribution in [2.75, 3.05) is 6.16 Å². The first-order chi connectivity index (χ1) is 6.74. The first-order valence-electron chi connectivity index (χ1n) is 4.24. The molecule has 0 spiro atoms. The average Bonchev–Trinajstić information content (AvgIpc) is 2.20. The minimum Gasteiger partial charge on any atom is -0.0994 e. The lowest BCUT2D eigenvalue weighted by atomic mass is 10.1. The summed E-state index contributed by atoms with van der Waals surface area (Å²) < 4.78 is 0. The van der Waals surface area contributed by atoms with E-state index in [2.05, 4.69) is 12.1 Å². The van der Waals surface area contributed by atoms with Crippen LogP contribution in [0.4, 0.5) is 0 Å². The molecule has 14 heavy (non-hydrogen) atoms. The predicted octanol–water partition coefficient (Wildman–Crippen LogP) is 5.74. The largest absolute Gasteiger partial charge is 0.0994 e. The molecular weight excluding hydrogens is 276 g/mol. The van der Waals surface area contributed by atoms with Gasteiger partial charge in [0.15, 0.2) is 0 Å². The van der Waals surface area contributed by atoms with Crippen molar-refractivity contribution >= 4 is 48.3 Å². The molecule has 0 saturated carbocycles. The quantitative estimate of drug-likeness (QED) is 0.606. The predicted molar refractivity (Wildman–Crippen MR) is 71.5 cm³/mol. The third-order valence-electron chi connectivity index (χ3n) is 1.92. The summed E-state index contributed by atoms with van der Waals surface area (Å²) in [5, 5.41) is 0. The van der Waals surface area contributed by atoms with Gasteiger partial charge in [0.05, 0.1) is 6.63 Å². The third kappa shape index (κ3) is 4.65. The summed E-state index contributed by atoms with van der Waals surface area (Å²) in [6, 6.07) is 10.3. The van der Waals surface area contributed by atoms with E-state index in [1.807, 2.05) is 18.2 Å². The molecule has 0 nitrogen and oxygen atoms in total. The lowest BCUT2D eigenvalue weighted by molar-refractivity contribution is 0.904. The zero-order valence-corrected chi connectivity index (χ0v) is 11.6. The fourth-order valence-electron chi connectivity index (χ4n) is 1.20. The summed E-state index contributed by atoms with van der Waals surface area (Å²) in [5.41, 5.74) is 1.69. The van der Waals surface area contributed by atoms with Crippen molar-refractivity contribution in [3.63, 3.8) is 0 Å². The Morgan fingerprint density at radius 3 is 2.36 bits per heavy atom. The Kier molecular flexibility index (Phi) is 6.75. The Balaban J connectivity index is 2.54. The second-order valence-electron chi connectivity index (χ2n) is 2.89. The van der Waals surface area contributed by atoms with Gasteiger partial charge >= 0.3 is 0 Å². The van der Waals surface area contributed by atoms with E-state index < -0.39 is 6.63 Å². The van der Waals surface area contributed by atoms with E-state index in [9.17, 15) is 0 Å². The van der Waals surface area contributed by atoms with Gasteiger partial charge in [-0.15, -0.1) is 0 Å². The molecule has 1 aromatic rings. The minimum atomic E-state index is -0.839. The molecule has 0 aliphatic carbocycles. The molecule has 0 radical (unpaired) electrons. The molecule has 0 fully saturated rings. The lowest BCUT2D eigenvalue weighted by Gasteiger charge is -2.13. The molecule has 0 bridgehead atoms. The molecule has 0 heterocycles. The van der Waals surface area contributed by atoms with Gasteiger partial charge < -0.3 is 0 Å². The van der Waals surface area contributed by atoms with Gasteiger partial charge in [-0.25, -0.2) is 0 Å². The molecular formula is C9H11Cl3P2. The van der Waals surface area contributed by atoms with Crippen molar-refractivity contribution in [2.45, 2.75) is 12.1 Å². The number of hydrogen-bond donors (Lipinski definition) is 0. The zero-order valence-electron chi connectivity index (χ0n) is 7.46. The standard InChI is InChI=1S/C9H11Cl3P2/c10-13-9(6-7-14(11)12)8-4-2-1-3-5-8/h1-5,9,13H,6-7H2. The summed E-state index contributed by atoms with van der Waals surface area (Å²) in [7, 11) is 0.391. The maximum atomic E-state index is 5.93. The van der Waals surface area contributed by atoms with Crippen LogP contribution in [-0.4, -0.2) is 6.16 Å². The Bertz CT molecular complexity index is 253. The molecule has 5 heteroatoms. The summed E-state index contributed by atoms with van der Waals surface area (Å²) in [4.78, 5) is 0. The molecule has 1 aromatic carbocycles. The van der Waals surface area contributed by atoms with E-state index in [1.54, 1.807) is 0 Å². The topological polar surface area (TPSA) is 0 Å². The highest BCUT2D eigenvalue weighted by Crippen LogP contribution is 2.51. The molecule has 0 N–H and O–H groups in total. The second kappa shape index (κ2) is 7.26. The second-order valence-corrected chi connectivity index (χ2v) is 8.48. The molecule has 2 atom stereocenters. The van der Waals surface area contributed by atoms with E-state index >= 15 is 0 Å².